The maximum absolute atomic E-state index is 3.72. The first-order chi connectivity index (χ1) is 9.48. The van der Waals surface area contributed by atoms with Crippen LogP contribution in [0.15, 0.2) is 30.3 Å². The van der Waals surface area contributed by atoms with Crippen molar-refractivity contribution in [3.05, 3.63) is 35.9 Å². The van der Waals surface area contributed by atoms with Crippen molar-refractivity contribution in [2.45, 2.75) is 38.3 Å². The van der Waals surface area contributed by atoms with E-state index in [-0.39, 0.29) is 11.1 Å². The van der Waals surface area contributed by atoms with Gasteiger partial charge in [-0.25, -0.2) is 0 Å². The first kappa shape index (κ1) is 15.9. The second-order valence-corrected chi connectivity index (χ2v) is 7.63. The van der Waals surface area contributed by atoms with Crippen LogP contribution in [0.2, 0.25) is 0 Å². The van der Waals surface area contributed by atoms with Crippen LogP contribution in [0.3, 0.4) is 0 Å². The van der Waals surface area contributed by atoms with E-state index in [9.17, 15) is 0 Å². The maximum atomic E-state index is 3.72. The summed E-state index contributed by atoms with van der Waals surface area (Å²) >= 11 is 1.94. The highest BCUT2D eigenvalue weighted by atomic mass is 32.2. The lowest BCUT2D eigenvalue weighted by Crippen LogP contribution is -2.65. The molecule has 1 heterocycles. The fourth-order valence-corrected chi connectivity index (χ4v) is 3.46. The third-order valence-electron chi connectivity index (χ3n) is 4.37. The summed E-state index contributed by atoms with van der Waals surface area (Å²) < 4.78 is 0. The molecule has 112 valence electrons. The van der Waals surface area contributed by atoms with E-state index in [2.05, 4.69) is 67.6 Å². The van der Waals surface area contributed by atoms with Crippen LogP contribution < -0.4 is 5.32 Å². The van der Waals surface area contributed by atoms with Crippen molar-refractivity contribution < 1.29 is 0 Å². The molecule has 0 aromatic heterocycles. The second-order valence-electron chi connectivity index (χ2n) is 6.65. The number of hydrogen-bond donors (Lipinski definition) is 1. The van der Waals surface area contributed by atoms with Gasteiger partial charge in [0.1, 0.15) is 0 Å². The Morgan fingerprint density at radius 3 is 2.55 bits per heavy atom. The molecule has 1 aliphatic heterocycles. The molecule has 0 bridgehead atoms. The van der Waals surface area contributed by atoms with Crippen molar-refractivity contribution in [1.82, 2.24) is 10.2 Å². The number of nitrogens with zero attached hydrogens (tertiary/aromatic N) is 1. The first-order valence-electron chi connectivity index (χ1n) is 7.52. The average Bonchev–Trinajstić information content (AvgIpc) is 2.44. The van der Waals surface area contributed by atoms with Crippen LogP contribution in [-0.4, -0.2) is 42.1 Å². The summed E-state index contributed by atoms with van der Waals surface area (Å²) in [5.41, 5.74) is 1.73. The van der Waals surface area contributed by atoms with Crippen LogP contribution in [0.1, 0.15) is 32.8 Å². The minimum Gasteiger partial charge on any atom is -0.308 e. The second kappa shape index (κ2) is 6.50. The van der Waals surface area contributed by atoms with Gasteiger partial charge in [-0.05, 0) is 51.3 Å². The lowest BCUT2D eigenvalue weighted by Gasteiger charge is -2.51. The van der Waals surface area contributed by atoms with Crippen molar-refractivity contribution in [3.8, 4) is 0 Å². The number of nitrogens with one attached hydrogen (secondary N) is 1. The largest absolute Gasteiger partial charge is 0.308 e. The Kier molecular flexibility index (Phi) is 5.16. The minimum absolute atomic E-state index is 0.106. The summed E-state index contributed by atoms with van der Waals surface area (Å²) in [5, 5.41) is 3.72. The van der Waals surface area contributed by atoms with Gasteiger partial charge in [0.2, 0.25) is 0 Å². The molecular formula is C17H28N2S. The summed E-state index contributed by atoms with van der Waals surface area (Å²) in [6, 6.07) is 10.9. The summed E-state index contributed by atoms with van der Waals surface area (Å²) in [4.78, 5) is 2.68. The molecule has 0 saturated carbocycles. The molecule has 20 heavy (non-hydrogen) atoms. The molecule has 0 amide bonds. The molecule has 1 saturated heterocycles. The van der Waals surface area contributed by atoms with Gasteiger partial charge in [0, 0.05) is 18.6 Å². The number of thioether (sulfide) groups is 1. The number of piperazine rings is 1. The van der Waals surface area contributed by atoms with E-state index in [4.69, 9.17) is 0 Å². The van der Waals surface area contributed by atoms with Gasteiger partial charge in [-0.2, -0.15) is 11.8 Å². The Bertz CT molecular complexity index is 418. The molecule has 0 spiro atoms. The van der Waals surface area contributed by atoms with Crippen LogP contribution in [0.4, 0.5) is 0 Å². The Hall–Kier alpha value is -0.510. The molecule has 2 rings (SSSR count). The van der Waals surface area contributed by atoms with Gasteiger partial charge in [-0.15, -0.1) is 0 Å². The van der Waals surface area contributed by atoms with E-state index >= 15 is 0 Å². The van der Waals surface area contributed by atoms with Crippen LogP contribution in [-0.2, 0) is 5.54 Å². The highest BCUT2D eigenvalue weighted by Gasteiger charge is 2.41. The molecular weight excluding hydrogens is 264 g/mol. The fourth-order valence-electron chi connectivity index (χ4n) is 3.04. The van der Waals surface area contributed by atoms with E-state index in [1.54, 1.807) is 0 Å². The molecule has 1 unspecified atom stereocenters. The lowest BCUT2D eigenvalue weighted by atomic mass is 9.84. The lowest BCUT2D eigenvalue weighted by molar-refractivity contribution is 0.0246. The third kappa shape index (κ3) is 3.57. The van der Waals surface area contributed by atoms with Crippen molar-refractivity contribution in [1.29, 1.82) is 0 Å². The summed E-state index contributed by atoms with van der Waals surface area (Å²) in [6.45, 7) is 10.3. The summed E-state index contributed by atoms with van der Waals surface area (Å²) in [7, 11) is 0. The summed E-state index contributed by atoms with van der Waals surface area (Å²) in [5.74, 6) is 1.25. The molecule has 0 aliphatic carbocycles. The monoisotopic (exact) mass is 292 g/mol. The maximum Gasteiger partial charge on any atom is 0.0558 e. The van der Waals surface area contributed by atoms with Crippen molar-refractivity contribution in [3.63, 3.8) is 0 Å². The van der Waals surface area contributed by atoms with E-state index in [0.717, 1.165) is 13.1 Å². The zero-order chi connectivity index (χ0) is 14.6. The normalized spacial score (nSPS) is 26.6. The molecule has 1 N–H and O–H groups in total. The van der Waals surface area contributed by atoms with Gasteiger partial charge in [-0.3, -0.25) is 4.90 Å². The van der Waals surface area contributed by atoms with E-state index in [1.807, 2.05) is 11.8 Å². The third-order valence-corrected chi connectivity index (χ3v) is 5.06. The zero-order valence-corrected chi connectivity index (χ0v) is 14.1. The Labute approximate surface area is 128 Å². The Morgan fingerprint density at radius 1 is 1.20 bits per heavy atom. The van der Waals surface area contributed by atoms with Crippen LogP contribution in [0.5, 0.6) is 0 Å². The van der Waals surface area contributed by atoms with E-state index in [0.29, 0.717) is 0 Å². The average molecular weight is 292 g/mol. The van der Waals surface area contributed by atoms with Crippen LogP contribution >= 0.6 is 11.8 Å². The smallest absolute Gasteiger partial charge is 0.0558 e. The van der Waals surface area contributed by atoms with Gasteiger partial charge in [0.15, 0.2) is 0 Å². The predicted molar refractivity (Wildman–Crippen MR) is 90.4 cm³/mol. The first-order valence-corrected chi connectivity index (χ1v) is 8.92. The highest BCUT2D eigenvalue weighted by Crippen LogP contribution is 2.33. The molecule has 0 radical (unpaired) electrons. The Balaban J connectivity index is 2.19. The quantitative estimate of drug-likeness (QED) is 0.838. The summed E-state index contributed by atoms with van der Waals surface area (Å²) in [6.07, 6.45) is 3.46. The topological polar surface area (TPSA) is 15.3 Å². The van der Waals surface area contributed by atoms with Gasteiger partial charge < -0.3 is 5.32 Å². The van der Waals surface area contributed by atoms with Gasteiger partial charge in [0.25, 0.3) is 0 Å². The molecule has 1 atom stereocenters. The van der Waals surface area contributed by atoms with Crippen LogP contribution in [0, 0.1) is 0 Å². The van der Waals surface area contributed by atoms with E-state index in [1.165, 1.54) is 24.3 Å². The van der Waals surface area contributed by atoms with Crippen molar-refractivity contribution in [2.75, 3.05) is 31.6 Å². The minimum atomic E-state index is 0.106. The number of rotatable bonds is 5. The Morgan fingerprint density at radius 2 is 1.90 bits per heavy atom. The molecule has 1 fully saturated rings. The van der Waals surface area contributed by atoms with Crippen molar-refractivity contribution in [2.24, 2.45) is 0 Å². The number of hydrogen-bond acceptors (Lipinski definition) is 3. The van der Waals surface area contributed by atoms with Gasteiger partial charge in [-0.1, -0.05) is 30.3 Å². The van der Waals surface area contributed by atoms with E-state index < -0.39 is 0 Å². The van der Waals surface area contributed by atoms with Crippen LogP contribution in [0.25, 0.3) is 0 Å². The SMILES string of the molecule is CSCCCN1CC(C)(C)NCC1(C)c1ccccc1. The molecule has 3 heteroatoms. The predicted octanol–water partition coefficient (Wildman–Crippen LogP) is 3.34. The highest BCUT2D eigenvalue weighted by molar-refractivity contribution is 7.98. The zero-order valence-electron chi connectivity index (χ0n) is 13.3. The molecule has 1 aromatic rings. The standard InChI is InChI=1S/C17H28N2S/c1-16(2)14-19(11-8-12-20-4)17(3,13-18-16)15-9-6-5-7-10-15/h5-7,9-10,18H,8,11-14H2,1-4H3. The molecule has 2 nitrogen and oxygen atoms in total. The number of benzene rings is 1. The van der Waals surface area contributed by atoms with Gasteiger partial charge in [0.05, 0.1) is 5.54 Å². The van der Waals surface area contributed by atoms with Gasteiger partial charge >= 0.3 is 0 Å². The van der Waals surface area contributed by atoms with Crippen molar-refractivity contribution >= 4 is 11.8 Å². The molecule has 1 aromatic carbocycles. The fraction of sp³-hybridized carbons (Fsp3) is 0.647. The molecule has 1 aliphatic rings.